The fourth-order valence-electron chi connectivity index (χ4n) is 2.93. The zero-order valence-electron chi connectivity index (χ0n) is 14.0. The SMILES string of the molecule is CCOC(=O)C1=C(C)N=C2SCCC(=O)N2[C@H]1c1ccc(C)cc1. The molecule has 1 amide bonds. The van der Waals surface area contributed by atoms with Gasteiger partial charge in [0.15, 0.2) is 5.17 Å². The predicted octanol–water partition coefficient (Wildman–Crippen LogP) is 3.21. The summed E-state index contributed by atoms with van der Waals surface area (Å²) < 4.78 is 5.23. The van der Waals surface area contributed by atoms with Crippen LogP contribution >= 0.6 is 11.8 Å². The molecular weight excluding hydrogens is 324 g/mol. The van der Waals surface area contributed by atoms with Gasteiger partial charge in [-0.25, -0.2) is 9.79 Å². The minimum absolute atomic E-state index is 0.00706. The molecule has 126 valence electrons. The van der Waals surface area contributed by atoms with Crippen molar-refractivity contribution in [1.29, 1.82) is 0 Å². The Labute approximate surface area is 145 Å². The highest BCUT2D eigenvalue weighted by atomic mass is 32.2. The van der Waals surface area contributed by atoms with Gasteiger partial charge < -0.3 is 4.74 Å². The first-order valence-electron chi connectivity index (χ1n) is 8.01. The average Bonchev–Trinajstić information content (AvgIpc) is 2.55. The molecule has 1 saturated heterocycles. The normalized spacial score (nSPS) is 20.6. The van der Waals surface area contributed by atoms with E-state index in [1.807, 2.05) is 31.2 Å². The number of allylic oxidation sites excluding steroid dienone is 1. The summed E-state index contributed by atoms with van der Waals surface area (Å²) in [5.41, 5.74) is 3.08. The molecule has 2 aliphatic rings. The summed E-state index contributed by atoms with van der Waals surface area (Å²) in [5.74, 6) is 0.302. The molecule has 1 atom stereocenters. The lowest BCUT2D eigenvalue weighted by Crippen LogP contribution is -2.45. The quantitative estimate of drug-likeness (QED) is 0.790. The van der Waals surface area contributed by atoms with Crippen molar-refractivity contribution in [3.63, 3.8) is 0 Å². The van der Waals surface area contributed by atoms with E-state index in [0.29, 0.717) is 22.9 Å². The minimum atomic E-state index is -0.475. The van der Waals surface area contributed by atoms with Crippen LogP contribution in [0.4, 0.5) is 0 Å². The van der Waals surface area contributed by atoms with E-state index in [9.17, 15) is 9.59 Å². The highest BCUT2D eigenvalue weighted by molar-refractivity contribution is 8.14. The Bertz CT molecular complexity index is 737. The lowest BCUT2D eigenvalue weighted by molar-refractivity contribution is -0.139. The van der Waals surface area contributed by atoms with Gasteiger partial charge in [-0.15, -0.1) is 0 Å². The van der Waals surface area contributed by atoms with Gasteiger partial charge in [0.1, 0.15) is 0 Å². The smallest absolute Gasteiger partial charge is 0.338 e. The van der Waals surface area contributed by atoms with Crippen LogP contribution in [0.2, 0.25) is 0 Å². The molecule has 3 rings (SSSR count). The van der Waals surface area contributed by atoms with E-state index in [1.165, 1.54) is 0 Å². The number of amidine groups is 1. The van der Waals surface area contributed by atoms with Crippen LogP contribution in [0.3, 0.4) is 0 Å². The Morgan fingerprint density at radius 3 is 2.71 bits per heavy atom. The van der Waals surface area contributed by atoms with Crippen LogP contribution in [-0.4, -0.2) is 34.3 Å². The van der Waals surface area contributed by atoms with E-state index in [1.54, 1.807) is 30.5 Å². The maximum atomic E-state index is 12.6. The largest absolute Gasteiger partial charge is 0.463 e. The van der Waals surface area contributed by atoms with Gasteiger partial charge in [-0.3, -0.25) is 9.69 Å². The highest BCUT2D eigenvalue weighted by Gasteiger charge is 2.41. The summed E-state index contributed by atoms with van der Waals surface area (Å²) in [4.78, 5) is 31.3. The van der Waals surface area contributed by atoms with Crippen molar-refractivity contribution in [3.05, 3.63) is 46.7 Å². The Kier molecular flexibility index (Phi) is 4.76. The predicted molar refractivity (Wildman–Crippen MR) is 94.6 cm³/mol. The standard InChI is InChI=1S/C18H20N2O3S/c1-4-23-17(22)15-12(3)19-18-20(14(21)9-10-24-18)16(15)13-7-5-11(2)6-8-13/h5-8,16H,4,9-10H2,1-3H3/t16-/m0/s1. The molecule has 0 saturated carbocycles. The Balaban J connectivity index is 2.14. The molecule has 1 aromatic carbocycles. The molecule has 0 spiro atoms. The molecule has 0 N–H and O–H groups in total. The number of hydrogen-bond donors (Lipinski definition) is 0. The second kappa shape index (κ2) is 6.81. The number of fused-ring (bicyclic) bond motifs is 1. The van der Waals surface area contributed by atoms with Crippen molar-refractivity contribution in [2.45, 2.75) is 33.2 Å². The third kappa shape index (κ3) is 2.98. The maximum absolute atomic E-state index is 12.6. The zero-order chi connectivity index (χ0) is 17.3. The van der Waals surface area contributed by atoms with Crippen LogP contribution in [0, 0.1) is 6.92 Å². The molecule has 0 radical (unpaired) electrons. The van der Waals surface area contributed by atoms with Crippen LogP contribution in [0.1, 0.15) is 37.4 Å². The number of thioether (sulfide) groups is 1. The van der Waals surface area contributed by atoms with Crippen LogP contribution in [0.25, 0.3) is 0 Å². The molecular formula is C18H20N2O3S. The first kappa shape index (κ1) is 16.8. The van der Waals surface area contributed by atoms with E-state index in [0.717, 1.165) is 16.9 Å². The first-order valence-corrected chi connectivity index (χ1v) is 8.99. The molecule has 5 nitrogen and oxygen atoms in total. The number of nitrogens with zero attached hydrogens (tertiary/aromatic N) is 2. The van der Waals surface area contributed by atoms with Gasteiger partial charge in [-0.05, 0) is 26.3 Å². The molecule has 2 heterocycles. The number of rotatable bonds is 3. The number of aliphatic imine (C=N–C) groups is 1. The zero-order valence-corrected chi connectivity index (χ0v) is 14.9. The van der Waals surface area contributed by atoms with Gasteiger partial charge in [-0.2, -0.15) is 0 Å². The fourth-order valence-corrected chi connectivity index (χ4v) is 3.94. The van der Waals surface area contributed by atoms with Gasteiger partial charge in [0.25, 0.3) is 0 Å². The van der Waals surface area contributed by atoms with Crippen LogP contribution in [0.15, 0.2) is 40.5 Å². The number of esters is 1. The highest BCUT2D eigenvalue weighted by Crippen LogP contribution is 2.40. The molecule has 6 heteroatoms. The summed E-state index contributed by atoms with van der Waals surface area (Å²) in [6.45, 7) is 5.87. The van der Waals surface area contributed by atoms with Gasteiger partial charge in [0.2, 0.25) is 5.91 Å². The minimum Gasteiger partial charge on any atom is -0.463 e. The van der Waals surface area contributed by atoms with Crippen LogP contribution in [0.5, 0.6) is 0 Å². The van der Waals surface area contributed by atoms with Gasteiger partial charge in [-0.1, -0.05) is 41.6 Å². The summed E-state index contributed by atoms with van der Waals surface area (Å²) in [7, 11) is 0. The summed E-state index contributed by atoms with van der Waals surface area (Å²) in [6.07, 6.45) is 0.446. The first-order chi connectivity index (χ1) is 11.5. The van der Waals surface area contributed by atoms with E-state index < -0.39 is 12.0 Å². The van der Waals surface area contributed by atoms with Crippen molar-refractivity contribution in [1.82, 2.24) is 4.90 Å². The third-order valence-electron chi connectivity index (χ3n) is 4.10. The van der Waals surface area contributed by atoms with Crippen LogP contribution < -0.4 is 0 Å². The van der Waals surface area contributed by atoms with Crippen molar-refractivity contribution in [2.24, 2.45) is 4.99 Å². The Morgan fingerprint density at radius 1 is 1.33 bits per heavy atom. The number of carbonyl (C=O) groups excluding carboxylic acids is 2. The number of amides is 1. The third-order valence-corrected chi connectivity index (χ3v) is 5.05. The topological polar surface area (TPSA) is 59.0 Å². The monoisotopic (exact) mass is 344 g/mol. The second-order valence-corrected chi connectivity index (χ2v) is 6.85. The molecule has 1 aromatic rings. The number of benzene rings is 1. The molecule has 0 unspecified atom stereocenters. The number of aryl methyl sites for hydroxylation is 1. The number of carbonyl (C=O) groups is 2. The van der Waals surface area contributed by atoms with Gasteiger partial charge in [0, 0.05) is 12.2 Å². The molecule has 1 fully saturated rings. The van der Waals surface area contributed by atoms with E-state index in [2.05, 4.69) is 4.99 Å². The lowest BCUT2D eigenvalue weighted by atomic mass is 9.93. The molecule has 2 aliphatic heterocycles. The van der Waals surface area contributed by atoms with Crippen molar-refractivity contribution >= 4 is 28.8 Å². The summed E-state index contributed by atoms with van der Waals surface area (Å²) >= 11 is 1.55. The van der Waals surface area contributed by atoms with E-state index in [4.69, 9.17) is 4.74 Å². The molecule has 0 aromatic heterocycles. The Morgan fingerprint density at radius 2 is 2.04 bits per heavy atom. The fraction of sp³-hybridized carbons (Fsp3) is 0.389. The van der Waals surface area contributed by atoms with Crippen molar-refractivity contribution in [2.75, 3.05) is 12.4 Å². The van der Waals surface area contributed by atoms with Gasteiger partial charge >= 0.3 is 5.97 Å². The molecule has 0 aliphatic carbocycles. The second-order valence-electron chi connectivity index (χ2n) is 5.79. The number of ether oxygens (including phenoxy) is 1. The van der Waals surface area contributed by atoms with Crippen molar-refractivity contribution < 1.29 is 14.3 Å². The Hall–Kier alpha value is -2.08. The van der Waals surface area contributed by atoms with Crippen LogP contribution in [-0.2, 0) is 14.3 Å². The van der Waals surface area contributed by atoms with E-state index in [-0.39, 0.29) is 12.5 Å². The van der Waals surface area contributed by atoms with Crippen molar-refractivity contribution in [3.8, 4) is 0 Å². The molecule has 24 heavy (non-hydrogen) atoms. The summed E-state index contributed by atoms with van der Waals surface area (Å²) in [6, 6.07) is 7.42. The number of hydrogen-bond acceptors (Lipinski definition) is 5. The average molecular weight is 344 g/mol. The van der Waals surface area contributed by atoms with E-state index >= 15 is 0 Å². The van der Waals surface area contributed by atoms with Gasteiger partial charge in [0.05, 0.1) is 23.9 Å². The maximum Gasteiger partial charge on any atom is 0.338 e. The summed E-state index contributed by atoms with van der Waals surface area (Å²) in [5, 5.41) is 0.669. The lowest BCUT2D eigenvalue weighted by Gasteiger charge is -2.38. The molecule has 0 bridgehead atoms.